The van der Waals surface area contributed by atoms with E-state index in [1.165, 1.54) is 18.4 Å². The summed E-state index contributed by atoms with van der Waals surface area (Å²) in [5.41, 5.74) is 0.876. The summed E-state index contributed by atoms with van der Waals surface area (Å²) >= 11 is 1.44. The number of carbonyl (C=O) groups is 1. The van der Waals surface area contributed by atoms with Crippen molar-refractivity contribution in [2.45, 2.75) is 18.5 Å². The lowest BCUT2D eigenvalue weighted by molar-refractivity contribution is -0.120. The van der Waals surface area contributed by atoms with Crippen LogP contribution in [0, 0.1) is 11.3 Å². The topological polar surface area (TPSA) is 102 Å². The summed E-state index contributed by atoms with van der Waals surface area (Å²) in [7, 11) is -2.38. The van der Waals surface area contributed by atoms with Crippen LogP contribution in [0.3, 0.4) is 0 Å². The Bertz CT molecular complexity index is 919. The molecule has 1 amide bonds. The van der Waals surface area contributed by atoms with E-state index in [0.29, 0.717) is 17.7 Å². The van der Waals surface area contributed by atoms with Gasteiger partial charge in [0.2, 0.25) is 5.91 Å². The van der Waals surface area contributed by atoms with Crippen LogP contribution in [0.5, 0.6) is 0 Å². The van der Waals surface area contributed by atoms with E-state index >= 15 is 0 Å². The number of nitrogens with one attached hydrogen (secondary N) is 2. The molecule has 0 unspecified atom stereocenters. The molecule has 2 N–H and O–H groups in total. The van der Waals surface area contributed by atoms with E-state index in [0.717, 1.165) is 9.18 Å². The maximum Gasteiger partial charge on any atom is 0.280 e. The fourth-order valence-electron chi connectivity index (χ4n) is 2.68. The van der Waals surface area contributed by atoms with Gasteiger partial charge in [-0.05, 0) is 36.1 Å². The Kier molecular flexibility index (Phi) is 4.87. The van der Waals surface area contributed by atoms with Crippen molar-refractivity contribution in [2.75, 3.05) is 12.4 Å². The summed E-state index contributed by atoms with van der Waals surface area (Å²) in [6.45, 7) is 0. The van der Waals surface area contributed by atoms with E-state index < -0.39 is 28.2 Å². The highest BCUT2D eigenvalue weighted by atomic mass is 32.2. The Morgan fingerprint density at radius 3 is 2.88 bits per heavy atom. The van der Waals surface area contributed by atoms with Gasteiger partial charge in [0.05, 0.1) is 17.7 Å². The molecule has 0 aliphatic carbocycles. The van der Waals surface area contributed by atoms with E-state index in [9.17, 15) is 13.2 Å². The Hall–Kier alpha value is -2.25. The SMILES string of the molecule is CN1[C@H](C(=O)Nc2cccc(C#N)c2)C[C@H](c2cccs2)NS1(=O)=O. The second-order valence-electron chi connectivity index (χ2n) is 5.64. The zero-order valence-corrected chi connectivity index (χ0v) is 15.0. The lowest BCUT2D eigenvalue weighted by atomic mass is 10.1. The third-order valence-electron chi connectivity index (χ3n) is 4.02. The molecular weight excluding hydrogens is 360 g/mol. The van der Waals surface area contributed by atoms with Gasteiger partial charge in [-0.1, -0.05) is 12.1 Å². The van der Waals surface area contributed by atoms with E-state index in [-0.39, 0.29) is 0 Å². The molecule has 25 heavy (non-hydrogen) atoms. The van der Waals surface area contributed by atoms with Crippen LogP contribution in [0.2, 0.25) is 0 Å². The minimum atomic E-state index is -3.76. The van der Waals surface area contributed by atoms with Gasteiger partial charge in [0.15, 0.2) is 0 Å². The number of hydrogen-bond donors (Lipinski definition) is 2. The van der Waals surface area contributed by atoms with Crippen molar-refractivity contribution in [3.05, 3.63) is 52.2 Å². The predicted molar refractivity (Wildman–Crippen MR) is 95.1 cm³/mol. The molecule has 3 rings (SSSR count). The van der Waals surface area contributed by atoms with Gasteiger partial charge in [-0.3, -0.25) is 4.79 Å². The number of amides is 1. The van der Waals surface area contributed by atoms with Crippen LogP contribution >= 0.6 is 11.3 Å². The number of anilines is 1. The number of benzene rings is 1. The second kappa shape index (κ2) is 6.93. The van der Waals surface area contributed by atoms with Crippen molar-refractivity contribution in [3.8, 4) is 6.07 Å². The standard InChI is InChI=1S/C16H16N4O3S2/c1-20-14(16(21)18-12-5-2-4-11(8-12)10-17)9-13(19-25(20,22)23)15-6-3-7-24-15/h2-8,13-14,19H,9H2,1H3,(H,18,21)/t13-,14+/m1/s1. The summed E-state index contributed by atoms with van der Waals surface area (Å²) in [5.74, 6) is -0.427. The lowest BCUT2D eigenvalue weighted by Gasteiger charge is -2.35. The van der Waals surface area contributed by atoms with Crippen molar-refractivity contribution < 1.29 is 13.2 Å². The lowest BCUT2D eigenvalue weighted by Crippen LogP contribution is -2.55. The highest BCUT2D eigenvalue weighted by molar-refractivity contribution is 7.87. The quantitative estimate of drug-likeness (QED) is 0.853. The molecule has 1 aromatic carbocycles. The van der Waals surface area contributed by atoms with Gasteiger partial charge >= 0.3 is 0 Å². The van der Waals surface area contributed by atoms with Gasteiger partial charge in [-0.15, -0.1) is 11.3 Å². The van der Waals surface area contributed by atoms with Crippen molar-refractivity contribution in [3.63, 3.8) is 0 Å². The summed E-state index contributed by atoms with van der Waals surface area (Å²) in [6, 6.07) is 10.9. The van der Waals surface area contributed by atoms with Crippen LogP contribution in [0.4, 0.5) is 5.69 Å². The number of likely N-dealkylation sites (N-methyl/N-ethyl adjacent to an activating group) is 1. The normalized spacial score (nSPS) is 22.9. The molecule has 130 valence electrons. The minimum Gasteiger partial charge on any atom is -0.325 e. The first-order chi connectivity index (χ1) is 11.9. The van der Waals surface area contributed by atoms with Gasteiger partial charge in [0, 0.05) is 17.6 Å². The molecule has 0 bridgehead atoms. The van der Waals surface area contributed by atoms with Crippen molar-refractivity contribution in [1.29, 1.82) is 5.26 Å². The van der Waals surface area contributed by atoms with Crippen LogP contribution in [-0.2, 0) is 15.0 Å². The summed E-state index contributed by atoms with van der Waals surface area (Å²) in [5, 5.41) is 13.5. The van der Waals surface area contributed by atoms with E-state index in [1.54, 1.807) is 24.3 Å². The number of nitrogens with zero attached hydrogens (tertiary/aromatic N) is 2. The average Bonchev–Trinajstić information content (AvgIpc) is 3.11. The fourth-order valence-corrected chi connectivity index (χ4v) is 4.81. The number of rotatable bonds is 3. The summed E-state index contributed by atoms with van der Waals surface area (Å²) in [4.78, 5) is 13.5. The van der Waals surface area contributed by atoms with Crippen molar-refractivity contribution in [1.82, 2.24) is 9.03 Å². The molecular formula is C16H16N4O3S2. The maximum absolute atomic E-state index is 12.7. The van der Waals surface area contributed by atoms with E-state index in [2.05, 4.69) is 10.0 Å². The maximum atomic E-state index is 12.7. The first-order valence-corrected chi connectivity index (χ1v) is 9.82. The van der Waals surface area contributed by atoms with E-state index in [4.69, 9.17) is 5.26 Å². The molecule has 2 atom stereocenters. The van der Waals surface area contributed by atoms with Crippen molar-refractivity contribution >= 4 is 33.1 Å². The van der Waals surface area contributed by atoms with Crippen LogP contribution in [0.25, 0.3) is 0 Å². The number of thiophene rings is 1. The molecule has 1 saturated heterocycles. The number of hydrogen-bond acceptors (Lipinski definition) is 5. The Labute approximate surface area is 150 Å². The van der Waals surface area contributed by atoms with Gasteiger partial charge in [-0.2, -0.15) is 22.7 Å². The van der Waals surface area contributed by atoms with Gasteiger partial charge < -0.3 is 5.32 Å². The molecule has 1 fully saturated rings. The number of nitriles is 1. The molecule has 1 aliphatic rings. The van der Waals surface area contributed by atoms with Crippen LogP contribution in [0.1, 0.15) is 22.9 Å². The molecule has 1 aromatic heterocycles. The third kappa shape index (κ3) is 3.72. The zero-order valence-electron chi connectivity index (χ0n) is 13.3. The smallest absolute Gasteiger partial charge is 0.280 e. The van der Waals surface area contributed by atoms with Crippen LogP contribution < -0.4 is 10.0 Å². The van der Waals surface area contributed by atoms with Crippen molar-refractivity contribution in [2.24, 2.45) is 0 Å². The van der Waals surface area contributed by atoms with Gasteiger partial charge in [-0.25, -0.2) is 0 Å². The molecule has 0 spiro atoms. The Morgan fingerprint density at radius 1 is 1.40 bits per heavy atom. The average molecular weight is 376 g/mol. The highest BCUT2D eigenvalue weighted by Gasteiger charge is 2.40. The van der Waals surface area contributed by atoms with Gasteiger partial charge in [0.25, 0.3) is 10.2 Å². The van der Waals surface area contributed by atoms with E-state index in [1.807, 2.05) is 23.6 Å². The fraction of sp³-hybridized carbons (Fsp3) is 0.250. The van der Waals surface area contributed by atoms with Crippen LogP contribution in [0.15, 0.2) is 41.8 Å². The second-order valence-corrected chi connectivity index (χ2v) is 8.38. The first-order valence-electron chi connectivity index (χ1n) is 7.50. The molecule has 0 radical (unpaired) electrons. The first kappa shape index (κ1) is 17.6. The predicted octanol–water partition coefficient (Wildman–Crippen LogP) is 1.84. The minimum absolute atomic E-state index is 0.319. The largest absolute Gasteiger partial charge is 0.325 e. The van der Waals surface area contributed by atoms with Crippen LogP contribution in [-0.4, -0.2) is 31.7 Å². The Balaban J connectivity index is 1.83. The molecule has 1 aliphatic heterocycles. The third-order valence-corrected chi connectivity index (χ3v) is 6.60. The van der Waals surface area contributed by atoms with Gasteiger partial charge in [0.1, 0.15) is 6.04 Å². The highest BCUT2D eigenvalue weighted by Crippen LogP contribution is 2.30. The number of carbonyl (C=O) groups excluding carboxylic acids is 1. The molecule has 9 heteroatoms. The Morgan fingerprint density at radius 2 is 2.20 bits per heavy atom. The summed E-state index contributed by atoms with van der Waals surface area (Å²) < 4.78 is 28.3. The monoisotopic (exact) mass is 376 g/mol. The summed E-state index contributed by atoms with van der Waals surface area (Å²) in [6.07, 6.45) is 0.319. The molecule has 0 saturated carbocycles. The zero-order chi connectivity index (χ0) is 18.0. The molecule has 2 aromatic rings. The molecule has 7 nitrogen and oxygen atoms in total. The molecule has 2 heterocycles.